The van der Waals surface area contributed by atoms with Crippen LogP contribution in [0.2, 0.25) is 0 Å². The molecular weight excluding hydrogens is 202 g/mol. The second kappa shape index (κ2) is 7.25. The van der Waals surface area contributed by atoms with Gasteiger partial charge in [-0.2, -0.15) is 0 Å². The summed E-state index contributed by atoms with van der Waals surface area (Å²) < 4.78 is 5.57. The Morgan fingerprint density at radius 2 is 2.25 bits per heavy atom. The molecule has 2 N–H and O–H groups in total. The van der Waals surface area contributed by atoms with E-state index in [4.69, 9.17) is 4.74 Å². The van der Waals surface area contributed by atoms with Crippen molar-refractivity contribution < 1.29 is 9.84 Å². The lowest BCUT2D eigenvalue weighted by Crippen LogP contribution is -2.30. The number of rotatable bonds is 8. The summed E-state index contributed by atoms with van der Waals surface area (Å²) in [5.41, 5.74) is -0.513. The van der Waals surface area contributed by atoms with Crippen molar-refractivity contribution in [2.45, 2.75) is 64.1 Å². The number of ether oxygens (including phenoxy) is 1. The van der Waals surface area contributed by atoms with Crippen LogP contribution >= 0.6 is 0 Å². The van der Waals surface area contributed by atoms with Gasteiger partial charge in [-0.15, -0.1) is 0 Å². The molecule has 1 rings (SSSR count). The maximum Gasteiger partial charge on any atom is 0.0631 e. The first-order valence-electron chi connectivity index (χ1n) is 6.69. The highest BCUT2D eigenvalue weighted by molar-refractivity contribution is 4.75. The zero-order chi connectivity index (χ0) is 11.9. The first-order chi connectivity index (χ1) is 7.64. The lowest BCUT2D eigenvalue weighted by atomic mass is 9.94. The second-order valence-electron chi connectivity index (χ2n) is 5.13. The molecule has 1 saturated heterocycles. The van der Waals surface area contributed by atoms with Crippen molar-refractivity contribution in [1.82, 2.24) is 5.32 Å². The van der Waals surface area contributed by atoms with E-state index >= 15 is 0 Å². The normalized spacial score (nSPS) is 24.6. The van der Waals surface area contributed by atoms with Crippen molar-refractivity contribution >= 4 is 0 Å². The van der Waals surface area contributed by atoms with Crippen LogP contribution in [0.3, 0.4) is 0 Å². The maximum absolute atomic E-state index is 10.1. The van der Waals surface area contributed by atoms with Gasteiger partial charge in [0.2, 0.25) is 0 Å². The molecule has 3 nitrogen and oxygen atoms in total. The molecule has 0 saturated carbocycles. The van der Waals surface area contributed by atoms with Gasteiger partial charge in [-0.1, -0.05) is 6.92 Å². The number of aliphatic hydroxyl groups is 1. The number of hydrogen-bond donors (Lipinski definition) is 2. The molecule has 0 spiro atoms. The van der Waals surface area contributed by atoms with Crippen LogP contribution in [0, 0.1) is 0 Å². The van der Waals surface area contributed by atoms with Gasteiger partial charge >= 0.3 is 0 Å². The summed E-state index contributed by atoms with van der Waals surface area (Å²) in [6.45, 7) is 6.85. The minimum Gasteiger partial charge on any atom is -0.390 e. The first-order valence-corrected chi connectivity index (χ1v) is 6.69. The second-order valence-corrected chi connectivity index (χ2v) is 5.13. The van der Waals surface area contributed by atoms with Gasteiger partial charge in [0.1, 0.15) is 0 Å². The Morgan fingerprint density at radius 3 is 2.88 bits per heavy atom. The van der Waals surface area contributed by atoms with E-state index in [1.54, 1.807) is 0 Å². The van der Waals surface area contributed by atoms with E-state index in [0.29, 0.717) is 6.10 Å². The lowest BCUT2D eigenvalue weighted by Gasteiger charge is -2.24. The standard InChI is InChI=1S/C13H27NO2/c1-3-14-10-9-13(2,15)8-4-6-12-7-5-11-16-12/h12,14-15H,3-11H2,1-2H3. The fraction of sp³-hybridized carbons (Fsp3) is 1.00. The smallest absolute Gasteiger partial charge is 0.0631 e. The predicted molar refractivity (Wildman–Crippen MR) is 66.6 cm³/mol. The zero-order valence-electron chi connectivity index (χ0n) is 10.8. The van der Waals surface area contributed by atoms with E-state index in [1.807, 2.05) is 6.92 Å². The van der Waals surface area contributed by atoms with Gasteiger partial charge in [0.05, 0.1) is 11.7 Å². The highest BCUT2D eigenvalue weighted by Gasteiger charge is 2.21. The third-order valence-corrected chi connectivity index (χ3v) is 3.36. The molecule has 2 atom stereocenters. The van der Waals surface area contributed by atoms with Crippen molar-refractivity contribution in [3.63, 3.8) is 0 Å². The highest BCUT2D eigenvalue weighted by Crippen LogP contribution is 2.22. The molecule has 1 fully saturated rings. The molecule has 1 heterocycles. The van der Waals surface area contributed by atoms with Crippen LogP contribution in [-0.4, -0.2) is 36.5 Å². The number of hydrogen-bond acceptors (Lipinski definition) is 3. The van der Waals surface area contributed by atoms with E-state index in [1.165, 1.54) is 12.8 Å². The Labute approximate surface area is 99.6 Å². The lowest BCUT2D eigenvalue weighted by molar-refractivity contribution is 0.0331. The van der Waals surface area contributed by atoms with Crippen LogP contribution in [0.1, 0.15) is 52.4 Å². The van der Waals surface area contributed by atoms with Crippen molar-refractivity contribution in [2.75, 3.05) is 19.7 Å². The zero-order valence-corrected chi connectivity index (χ0v) is 10.8. The Morgan fingerprint density at radius 1 is 1.44 bits per heavy atom. The minimum absolute atomic E-state index is 0.463. The van der Waals surface area contributed by atoms with Crippen molar-refractivity contribution in [2.24, 2.45) is 0 Å². The van der Waals surface area contributed by atoms with E-state index in [9.17, 15) is 5.11 Å². The van der Waals surface area contributed by atoms with E-state index < -0.39 is 5.60 Å². The highest BCUT2D eigenvalue weighted by atomic mass is 16.5. The molecule has 0 bridgehead atoms. The molecule has 1 aliphatic heterocycles. The summed E-state index contributed by atoms with van der Waals surface area (Å²) in [6.07, 6.45) is 6.79. The summed E-state index contributed by atoms with van der Waals surface area (Å²) >= 11 is 0. The van der Waals surface area contributed by atoms with Crippen molar-refractivity contribution in [1.29, 1.82) is 0 Å². The van der Waals surface area contributed by atoms with Gasteiger partial charge in [0.15, 0.2) is 0 Å². The van der Waals surface area contributed by atoms with Crippen LogP contribution in [0.4, 0.5) is 0 Å². The van der Waals surface area contributed by atoms with Crippen LogP contribution < -0.4 is 5.32 Å². The van der Waals surface area contributed by atoms with Gasteiger partial charge in [0, 0.05) is 6.61 Å². The van der Waals surface area contributed by atoms with Gasteiger partial charge in [0.25, 0.3) is 0 Å². The molecule has 0 amide bonds. The van der Waals surface area contributed by atoms with Gasteiger partial charge in [-0.3, -0.25) is 0 Å². The van der Waals surface area contributed by atoms with E-state index in [0.717, 1.165) is 45.4 Å². The summed E-state index contributed by atoms with van der Waals surface area (Å²) in [5, 5.41) is 13.4. The fourth-order valence-corrected chi connectivity index (χ4v) is 2.24. The first kappa shape index (κ1) is 13.9. The quantitative estimate of drug-likeness (QED) is 0.626. The molecule has 0 aromatic heterocycles. The SMILES string of the molecule is CCNCCC(C)(O)CCCC1CCCO1. The summed E-state index contributed by atoms with van der Waals surface area (Å²) in [5.74, 6) is 0. The molecule has 0 radical (unpaired) electrons. The summed E-state index contributed by atoms with van der Waals surface area (Å²) in [7, 11) is 0. The Kier molecular flexibility index (Phi) is 6.32. The monoisotopic (exact) mass is 229 g/mol. The third-order valence-electron chi connectivity index (χ3n) is 3.36. The van der Waals surface area contributed by atoms with E-state index in [2.05, 4.69) is 12.2 Å². The third kappa shape index (κ3) is 5.83. The molecule has 3 heteroatoms. The molecule has 2 unspecified atom stereocenters. The largest absolute Gasteiger partial charge is 0.390 e. The average Bonchev–Trinajstić information content (AvgIpc) is 2.70. The van der Waals surface area contributed by atoms with Crippen LogP contribution in [-0.2, 0) is 4.74 Å². The van der Waals surface area contributed by atoms with Crippen molar-refractivity contribution in [3.8, 4) is 0 Å². The van der Waals surface area contributed by atoms with Gasteiger partial charge < -0.3 is 15.2 Å². The fourth-order valence-electron chi connectivity index (χ4n) is 2.24. The number of nitrogens with one attached hydrogen (secondary N) is 1. The van der Waals surface area contributed by atoms with Crippen LogP contribution in [0.5, 0.6) is 0 Å². The van der Waals surface area contributed by atoms with Crippen molar-refractivity contribution in [3.05, 3.63) is 0 Å². The Bertz CT molecular complexity index is 177. The van der Waals surface area contributed by atoms with Crippen LogP contribution in [0.15, 0.2) is 0 Å². The van der Waals surface area contributed by atoms with Gasteiger partial charge in [-0.25, -0.2) is 0 Å². The molecular formula is C13H27NO2. The molecule has 16 heavy (non-hydrogen) atoms. The molecule has 96 valence electrons. The molecule has 1 aliphatic rings. The Hall–Kier alpha value is -0.120. The molecule has 0 aromatic rings. The summed E-state index contributed by atoms with van der Waals surface area (Å²) in [4.78, 5) is 0. The average molecular weight is 229 g/mol. The minimum atomic E-state index is -0.513. The molecule has 0 aliphatic carbocycles. The maximum atomic E-state index is 10.1. The Balaban J connectivity index is 2.04. The predicted octanol–water partition coefficient (Wildman–Crippen LogP) is 2.09. The van der Waals surface area contributed by atoms with E-state index in [-0.39, 0.29) is 0 Å². The van der Waals surface area contributed by atoms with Gasteiger partial charge in [-0.05, 0) is 58.5 Å². The molecule has 0 aromatic carbocycles. The van der Waals surface area contributed by atoms with Crippen LogP contribution in [0.25, 0.3) is 0 Å². The topological polar surface area (TPSA) is 41.5 Å². The summed E-state index contributed by atoms with van der Waals surface area (Å²) in [6, 6.07) is 0.